The topological polar surface area (TPSA) is 48.8 Å². The maximum atomic E-state index is 14.3. The zero-order chi connectivity index (χ0) is 24.0. The van der Waals surface area contributed by atoms with E-state index in [1.54, 1.807) is 18.2 Å². The lowest BCUT2D eigenvalue weighted by Crippen LogP contribution is -2.50. The summed E-state index contributed by atoms with van der Waals surface area (Å²) in [5.41, 5.74) is 3.12. The zero-order valence-corrected chi connectivity index (χ0v) is 19.6. The van der Waals surface area contributed by atoms with Crippen molar-refractivity contribution < 1.29 is 14.2 Å². The molecule has 0 aliphatic carbocycles. The van der Waals surface area contributed by atoms with Gasteiger partial charge in [0.2, 0.25) is 0 Å². The molecule has 2 heterocycles. The molecule has 1 aliphatic heterocycles. The molecule has 0 bridgehead atoms. The first-order valence-corrected chi connectivity index (χ1v) is 12.1. The number of rotatable bonds is 8. The molecule has 1 fully saturated rings. The average molecular weight is 472 g/mol. The molecule has 4 aromatic rings. The molecule has 180 valence electrons. The van der Waals surface area contributed by atoms with E-state index in [1.807, 2.05) is 0 Å². The van der Waals surface area contributed by atoms with Crippen LogP contribution in [0.5, 0.6) is 5.75 Å². The monoisotopic (exact) mass is 471 g/mol. The predicted molar refractivity (Wildman–Crippen MR) is 136 cm³/mol. The van der Waals surface area contributed by atoms with E-state index in [9.17, 15) is 9.50 Å². The Morgan fingerprint density at radius 3 is 2.14 bits per heavy atom. The van der Waals surface area contributed by atoms with Gasteiger partial charge >= 0.3 is 0 Å². The van der Waals surface area contributed by atoms with Crippen LogP contribution in [0, 0.1) is 5.82 Å². The number of aromatic nitrogens is 1. The first-order valence-electron chi connectivity index (χ1n) is 12.1. The van der Waals surface area contributed by atoms with E-state index in [2.05, 4.69) is 75.4 Å². The third kappa shape index (κ3) is 5.51. The molecule has 3 aromatic carbocycles. The van der Waals surface area contributed by atoms with Crippen molar-refractivity contribution in [2.24, 2.45) is 0 Å². The van der Waals surface area contributed by atoms with Gasteiger partial charge in [-0.05, 0) is 29.3 Å². The van der Waals surface area contributed by atoms with Gasteiger partial charge in [0.1, 0.15) is 24.3 Å². The van der Waals surface area contributed by atoms with Gasteiger partial charge in [-0.2, -0.15) is 0 Å². The number of halogens is 1. The fourth-order valence-electron chi connectivity index (χ4n) is 4.88. The van der Waals surface area contributed by atoms with Crippen molar-refractivity contribution in [2.75, 3.05) is 39.3 Å². The van der Waals surface area contributed by atoms with E-state index in [-0.39, 0.29) is 18.5 Å². The number of benzene rings is 3. The van der Waals surface area contributed by atoms with E-state index in [4.69, 9.17) is 4.74 Å². The van der Waals surface area contributed by atoms with Crippen molar-refractivity contribution in [3.63, 3.8) is 0 Å². The van der Waals surface area contributed by atoms with Crippen LogP contribution in [-0.2, 0) is 0 Å². The molecule has 0 radical (unpaired) electrons. The van der Waals surface area contributed by atoms with Gasteiger partial charge in [-0.15, -0.1) is 0 Å². The number of hydrogen-bond acceptors (Lipinski definition) is 5. The number of aliphatic hydroxyl groups is 1. The number of nitrogens with zero attached hydrogens (tertiary/aromatic N) is 3. The van der Waals surface area contributed by atoms with Crippen LogP contribution in [0.25, 0.3) is 10.9 Å². The van der Waals surface area contributed by atoms with Gasteiger partial charge in [0, 0.05) is 38.9 Å². The van der Waals surface area contributed by atoms with Crippen LogP contribution >= 0.6 is 0 Å². The Kier molecular flexibility index (Phi) is 7.33. The summed E-state index contributed by atoms with van der Waals surface area (Å²) in [5.74, 6) is 0.0353. The van der Waals surface area contributed by atoms with E-state index < -0.39 is 6.10 Å². The molecular weight excluding hydrogens is 441 g/mol. The van der Waals surface area contributed by atoms with Crippen LogP contribution in [0.4, 0.5) is 4.39 Å². The van der Waals surface area contributed by atoms with E-state index in [1.165, 1.54) is 23.4 Å². The van der Waals surface area contributed by atoms with Gasteiger partial charge in [0.15, 0.2) is 0 Å². The Morgan fingerprint density at radius 2 is 1.49 bits per heavy atom. The molecule has 1 atom stereocenters. The number of piperazine rings is 1. The number of aliphatic hydroxyl groups excluding tert-OH is 1. The summed E-state index contributed by atoms with van der Waals surface area (Å²) in [5, 5.41) is 11.0. The smallest absolute Gasteiger partial charge is 0.137 e. The third-order valence-electron chi connectivity index (χ3n) is 6.58. The largest absolute Gasteiger partial charge is 0.490 e. The maximum absolute atomic E-state index is 14.3. The van der Waals surface area contributed by atoms with Crippen LogP contribution in [0.15, 0.2) is 91.1 Å². The molecule has 1 unspecified atom stereocenters. The number of fused-ring (bicyclic) bond motifs is 1. The minimum atomic E-state index is -0.671. The van der Waals surface area contributed by atoms with E-state index in [0.29, 0.717) is 23.2 Å². The lowest BCUT2D eigenvalue weighted by atomic mass is 9.96. The second kappa shape index (κ2) is 11.0. The number of pyridine rings is 1. The van der Waals surface area contributed by atoms with Crippen molar-refractivity contribution in [1.82, 2.24) is 14.8 Å². The van der Waals surface area contributed by atoms with Gasteiger partial charge in [-0.25, -0.2) is 4.39 Å². The molecule has 0 saturated carbocycles. The summed E-state index contributed by atoms with van der Waals surface area (Å²) in [6, 6.07) is 28.0. The molecule has 1 aliphatic rings. The van der Waals surface area contributed by atoms with Crippen molar-refractivity contribution >= 4 is 10.9 Å². The van der Waals surface area contributed by atoms with Crippen LogP contribution in [0.1, 0.15) is 17.2 Å². The predicted octanol–water partition coefficient (Wildman–Crippen LogP) is 4.52. The molecule has 35 heavy (non-hydrogen) atoms. The minimum absolute atomic E-state index is 0.102. The second-order valence-corrected chi connectivity index (χ2v) is 8.97. The Hall–Kier alpha value is -3.32. The van der Waals surface area contributed by atoms with Crippen LogP contribution in [0.2, 0.25) is 0 Å². The molecule has 5 nitrogen and oxygen atoms in total. The van der Waals surface area contributed by atoms with Crippen LogP contribution < -0.4 is 4.74 Å². The number of β-amino-alcohol motifs (C(OH)–C–C–N with tert-alkyl or cyclic N) is 1. The first kappa shape index (κ1) is 23.4. The summed E-state index contributed by atoms with van der Waals surface area (Å²) in [4.78, 5) is 8.97. The average Bonchev–Trinajstić information content (AvgIpc) is 2.90. The third-order valence-corrected chi connectivity index (χ3v) is 6.58. The van der Waals surface area contributed by atoms with E-state index in [0.717, 1.165) is 26.2 Å². The standard InChI is InChI=1S/C29H30FN3O2/c30-25-14-15-31-26-12-7-13-27(28(25)26)35-21-24(34)20-32-16-18-33(19-17-32)29(22-8-3-1-4-9-22)23-10-5-2-6-11-23/h1-15,24,29,34H,16-21H2. The Morgan fingerprint density at radius 1 is 0.829 bits per heavy atom. The fourth-order valence-corrected chi connectivity index (χ4v) is 4.88. The molecule has 0 spiro atoms. The van der Waals surface area contributed by atoms with Crippen molar-refractivity contribution in [2.45, 2.75) is 12.1 Å². The minimum Gasteiger partial charge on any atom is -0.490 e. The maximum Gasteiger partial charge on any atom is 0.137 e. The number of hydrogen-bond donors (Lipinski definition) is 1. The molecule has 5 rings (SSSR count). The molecule has 1 N–H and O–H groups in total. The van der Waals surface area contributed by atoms with Gasteiger partial charge in [0.05, 0.1) is 16.9 Å². The Labute approximate surface area is 205 Å². The fraction of sp³-hybridized carbons (Fsp3) is 0.276. The van der Waals surface area contributed by atoms with Gasteiger partial charge in [-0.3, -0.25) is 14.8 Å². The highest BCUT2D eigenvalue weighted by Gasteiger charge is 2.27. The highest BCUT2D eigenvalue weighted by Crippen LogP contribution is 2.30. The van der Waals surface area contributed by atoms with Crippen molar-refractivity contribution in [3.8, 4) is 5.75 Å². The van der Waals surface area contributed by atoms with Crippen molar-refractivity contribution in [3.05, 3.63) is 108 Å². The lowest BCUT2D eigenvalue weighted by Gasteiger charge is -2.40. The molecule has 6 heteroatoms. The van der Waals surface area contributed by atoms with Crippen molar-refractivity contribution in [1.29, 1.82) is 0 Å². The summed E-state index contributed by atoms with van der Waals surface area (Å²) in [7, 11) is 0. The summed E-state index contributed by atoms with van der Waals surface area (Å²) in [6.07, 6.45) is 0.770. The summed E-state index contributed by atoms with van der Waals surface area (Å²) < 4.78 is 20.1. The quantitative estimate of drug-likeness (QED) is 0.410. The Balaban J connectivity index is 1.18. The normalized spacial score (nSPS) is 16.0. The highest BCUT2D eigenvalue weighted by atomic mass is 19.1. The van der Waals surface area contributed by atoms with Gasteiger partial charge in [-0.1, -0.05) is 66.7 Å². The van der Waals surface area contributed by atoms with Crippen LogP contribution in [0.3, 0.4) is 0 Å². The SMILES string of the molecule is OC(COc1cccc2nccc(F)c12)CN1CCN(C(c2ccccc2)c2ccccc2)CC1. The molecule has 0 amide bonds. The summed E-state index contributed by atoms with van der Waals surface area (Å²) >= 11 is 0. The molecular formula is C29H30FN3O2. The van der Waals surface area contributed by atoms with Gasteiger partial charge < -0.3 is 9.84 Å². The van der Waals surface area contributed by atoms with E-state index >= 15 is 0 Å². The second-order valence-electron chi connectivity index (χ2n) is 8.97. The molecule has 1 saturated heterocycles. The van der Waals surface area contributed by atoms with Crippen LogP contribution in [-0.4, -0.2) is 65.3 Å². The number of ether oxygens (including phenoxy) is 1. The highest BCUT2D eigenvalue weighted by molar-refractivity contribution is 5.85. The zero-order valence-electron chi connectivity index (χ0n) is 19.6. The summed E-state index contributed by atoms with van der Waals surface area (Å²) in [6.45, 7) is 4.15. The Bertz CT molecular complexity index is 1190. The first-order chi connectivity index (χ1) is 17.2. The lowest BCUT2D eigenvalue weighted by molar-refractivity contribution is 0.0403. The molecule has 1 aromatic heterocycles. The van der Waals surface area contributed by atoms with Gasteiger partial charge in [0.25, 0.3) is 0 Å².